The lowest BCUT2D eigenvalue weighted by Crippen LogP contribution is -1.88. The first-order chi connectivity index (χ1) is 6.31. The van der Waals surface area contributed by atoms with Gasteiger partial charge < -0.3 is 4.74 Å². The van der Waals surface area contributed by atoms with Crippen molar-refractivity contribution in [2.75, 3.05) is 7.11 Å². The van der Waals surface area contributed by atoms with Crippen LogP contribution in [0.4, 0.5) is 4.39 Å². The molecule has 13 heavy (non-hydrogen) atoms. The number of rotatable bonds is 1. The van der Waals surface area contributed by atoms with Gasteiger partial charge in [-0.05, 0) is 12.1 Å². The van der Waals surface area contributed by atoms with Crippen molar-refractivity contribution < 1.29 is 9.13 Å². The minimum Gasteiger partial charge on any atom is -0.496 e. The smallest absolute Gasteiger partial charge is 0.131 e. The van der Waals surface area contributed by atoms with Gasteiger partial charge in [0.1, 0.15) is 11.6 Å². The fourth-order valence-corrected chi connectivity index (χ4v) is 1.29. The fraction of sp³-hybridized carbons (Fsp3) is 0.100. The Hall–Kier alpha value is -1.64. The van der Waals surface area contributed by atoms with Gasteiger partial charge in [0, 0.05) is 23.7 Å². The third kappa shape index (κ3) is 1.33. The number of benzene rings is 1. The van der Waals surface area contributed by atoms with Crippen molar-refractivity contribution in [3.8, 4) is 5.75 Å². The van der Waals surface area contributed by atoms with Gasteiger partial charge in [0.2, 0.25) is 0 Å². The van der Waals surface area contributed by atoms with Crippen LogP contribution in [0.3, 0.4) is 0 Å². The second-order valence-electron chi connectivity index (χ2n) is 2.68. The topological polar surface area (TPSA) is 22.1 Å². The summed E-state index contributed by atoms with van der Waals surface area (Å²) in [4.78, 5) is 4.03. The summed E-state index contributed by atoms with van der Waals surface area (Å²) in [5.74, 6) is 0.186. The molecule has 3 heteroatoms. The summed E-state index contributed by atoms with van der Waals surface area (Å²) in [6.07, 6.45) is 1.63. The molecule has 0 fully saturated rings. The molecule has 2 rings (SSSR count). The molecule has 1 aromatic heterocycles. The average Bonchev–Trinajstić information content (AvgIpc) is 2.16. The maximum Gasteiger partial charge on any atom is 0.131 e. The van der Waals surface area contributed by atoms with Crippen LogP contribution in [0.5, 0.6) is 5.75 Å². The summed E-state index contributed by atoms with van der Waals surface area (Å²) in [7, 11) is 1.52. The predicted molar refractivity (Wildman–Crippen MR) is 48.3 cm³/mol. The molecule has 1 heterocycles. The van der Waals surface area contributed by atoms with Gasteiger partial charge in [-0.3, -0.25) is 4.98 Å². The molecule has 0 N–H and O–H groups in total. The van der Waals surface area contributed by atoms with E-state index in [-0.39, 0.29) is 5.82 Å². The van der Waals surface area contributed by atoms with Gasteiger partial charge in [-0.25, -0.2) is 4.39 Å². The Bertz CT molecular complexity index is 442. The van der Waals surface area contributed by atoms with E-state index < -0.39 is 0 Å². The summed E-state index contributed by atoms with van der Waals surface area (Å²) < 4.78 is 18.0. The third-order valence-electron chi connectivity index (χ3n) is 1.87. The van der Waals surface area contributed by atoms with Crippen LogP contribution in [0.2, 0.25) is 0 Å². The van der Waals surface area contributed by atoms with Gasteiger partial charge in [-0.1, -0.05) is 0 Å². The lowest BCUT2D eigenvalue weighted by atomic mass is 10.2. The number of pyridine rings is 1. The van der Waals surface area contributed by atoms with E-state index in [1.165, 1.54) is 19.2 Å². The number of hydrogen-bond donors (Lipinski definition) is 0. The molecule has 0 aliphatic carbocycles. The van der Waals surface area contributed by atoms with Gasteiger partial charge in [-0.2, -0.15) is 0 Å². The molecular weight excluding hydrogens is 169 g/mol. The Balaban J connectivity index is 2.81. The van der Waals surface area contributed by atoms with Crippen molar-refractivity contribution in [3.63, 3.8) is 0 Å². The molecule has 0 saturated carbocycles. The first-order valence-electron chi connectivity index (χ1n) is 3.89. The van der Waals surface area contributed by atoms with Crippen molar-refractivity contribution in [1.82, 2.24) is 4.98 Å². The second-order valence-corrected chi connectivity index (χ2v) is 2.68. The highest BCUT2D eigenvalue weighted by molar-refractivity contribution is 5.84. The summed E-state index contributed by atoms with van der Waals surface area (Å²) in [6.45, 7) is 0. The first kappa shape index (κ1) is 7.98. The molecule has 2 nitrogen and oxygen atoms in total. The van der Waals surface area contributed by atoms with Crippen LogP contribution in [0.1, 0.15) is 0 Å². The van der Waals surface area contributed by atoms with E-state index in [1.807, 2.05) is 6.07 Å². The average molecular weight is 177 g/mol. The molecule has 0 aliphatic heterocycles. The van der Waals surface area contributed by atoms with Crippen molar-refractivity contribution in [1.29, 1.82) is 0 Å². The lowest BCUT2D eigenvalue weighted by molar-refractivity contribution is 0.416. The Morgan fingerprint density at radius 1 is 1.38 bits per heavy atom. The quantitative estimate of drug-likeness (QED) is 0.667. The molecular formula is C10H8FNO. The second kappa shape index (κ2) is 3.01. The van der Waals surface area contributed by atoms with E-state index in [0.717, 1.165) is 5.39 Å². The molecule has 0 aliphatic rings. The SMILES string of the molecule is COc1cc(F)cc2ncccc12. The zero-order valence-electron chi connectivity index (χ0n) is 7.12. The van der Waals surface area contributed by atoms with E-state index in [0.29, 0.717) is 11.3 Å². The molecule has 1 aromatic carbocycles. The Labute approximate surface area is 75.0 Å². The van der Waals surface area contributed by atoms with Crippen LogP contribution >= 0.6 is 0 Å². The number of aromatic nitrogens is 1. The summed E-state index contributed by atoms with van der Waals surface area (Å²) in [5, 5.41) is 0.825. The van der Waals surface area contributed by atoms with Gasteiger partial charge in [-0.15, -0.1) is 0 Å². The van der Waals surface area contributed by atoms with Gasteiger partial charge in [0.25, 0.3) is 0 Å². The highest BCUT2D eigenvalue weighted by Crippen LogP contribution is 2.24. The van der Waals surface area contributed by atoms with E-state index in [1.54, 1.807) is 12.3 Å². The Kier molecular flexibility index (Phi) is 1.85. The van der Waals surface area contributed by atoms with Gasteiger partial charge >= 0.3 is 0 Å². The predicted octanol–water partition coefficient (Wildman–Crippen LogP) is 2.38. The van der Waals surface area contributed by atoms with E-state index >= 15 is 0 Å². The number of halogens is 1. The third-order valence-corrected chi connectivity index (χ3v) is 1.87. The van der Waals surface area contributed by atoms with Crippen LogP contribution in [0.15, 0.2) is 30.5 Å². The normalized spacial score (nSPS) is 10.3. The van der Waals surface area contributed by atoms with Crippen LogP contribution in [-0.2, 0) is 0 Å². The monoisotopic (exact) mass is 177 g/mol. The zero-order valence-corrected chi connectivity index (χ0v) is 7.12. The summed E-state index contributed by atoms with van der Waals surface area (Å²) in [6, 6.07) is 6.38. The van der Waals surface area contributed by atoms with Crippen LogP contribution in [0, 0.1) is 5.82 Å². The molecule has 66 valence electrons. The Morgan fingerprint density at radius 2 is 2.23 bits per heavy atom. The minimum absolute atomic E-state index is 0.331. The minimum atomic E-state index is -0.331. The van der Waals surface area contributed by atoms with Crippen molar-refractivity contribution in [2.45, 2.75) is 0 Å². The number of nitrogens with zero attached hydrogens (tertiary/aromatic N) is 1. The van der Waals surface area contributed by atoms with Crippen LogP contribution in [-0.4, -0.2) is 12.1 Å². The standard InChI is InChI=1S/C10H8FNO/c1-13-10-6-7(11)5-9-8(10)3-2-4-12-9/h2-6H,1H3. The van der Waals surface area contributed by atoms with Crippen LogP contribution in [0.25, 0.3) is 10.9 Å². The molecule has 0 spiro atoms. The number of ether oxygens (including phenoxy) is 1. The highest BCUT2D eigenvalue weighted by Gasteiger charge is 2.03. The van der Waals surface area contributed by atoms with Crippen molar-refractivity contribution >= 4 is 10.9 Å². The molecule has 0 saturated heterocycles. The maximum absolute atomic E-state index is 13.0. The Morgan fingerprint density at radius 3 is 3.00 bits per heavy atom. The summed E-state index contributed by atoms with van der Waals surface area (Å²) >= 11 is 0. The molecule has 0 radical (unpaired) electrons. The van der Waals surface area contributed by atoms with Crippen LogP contribution < -0.4 is 4.74 Å². The van der Waals surface area contributed by atoms with Crippen molar-refractivity contribution in [2.24, 2.45) is 0 Å². The van der Waals surface area contributed by atoms with Crippen molar-refractivity contribution in [3.05, 3.63) is 36.3 Å². The molecule has 0 amide bonds. The summed E-state index contributed by atoms with van der Waals surface area (Å²) in [5.41, 5.74) is 0.611. The molecule has 0 atom stereocenters. The van der Waals surface area contributed by atoms with E-state index in [2.05, 4.69) is 4.98 Å². The van der Waals surface area contributed by atoms with E-state index in [4.69, 9.17) is 4.74 Å². The first-order valence-corrected chi connectivity index (χ1v) is 3.89. The van der Waals surface area contributed by atoms with Gasteiger partial charge in [0.05, 0.1) is 12.6 Å². The lowest BCUT2D eigenvalue weighted by Gasteiger charge is -2.03. The van der Waals surface area contributed by atoms with E-state index in [9.17, 15) is 4.39 Å². The number of fused-ring (bicyclic) bond motifs is 1. The fourth-order valence-electron chi connectivity index (χ4n) is 1.29. The van der Waals surface area contributed by atoms with Gasteiger partial charge in [0.15, 0.2) is 0 Å². The highest BCUT2D eigenvalue weighted by atomic mass is 19.1. The molecule has 2 aromatic rings. The largest absolute Gasteiger partial charge is 0.496 e. The number of hydrogen-bond acceptors (Lipinski definition) is 2. The maximum atomic E-state index is 13.0. The molecule has 0 bridgehead atoms. The molecule has 0 unspecified atom stereocenters. The number of methoxy groups -OCH3 is 1. The zero-order chi connectivity index (χ0) is 9.26.